The van der Waals surface area contributed by atoms with Gasteiger partial charge in [0, 0.05) is 36.4 Å². The van der Waals surface area contributed by atoms with Crippen molar-refractivity contribution in [1.82, 2.24) is 29.3 Å². The third kappa shape index (κ3) is 4.09. The molecule has 1 aromatic carbocycles. The molecule has 0 bridgehead atoms. The molecule has 0 fully saturated rings. The number of aromatic nitrogens is 5. The molecule has 0 saturated carbocycles. The summed E-state index contributed by atoms with van der Waals surface area (Å²) in [5.74, 6) is 0.159. The summed E-state index contributed by atoms with van der Waals surface area (Å²) >= 11 is 0. The van der Waals surface area contributed by atoms with E-state index >= 15 is 0 Å². The Hall–Kier alpha value is -3.32. The van der Waals surface area contributed by atoms with E-state index in [1.54, 1.807) is 17.1 Å². The zero-order valence-corrected chi connectivity index (χ0v) is 16.9. The molecule has 0 radical (unpaired) electrons. The van der Waals surface area contributed by atoms with Crippen molar-refractivity contribution in [3.8, 4) is 22.5 Å². The lowest BCUT2D eigenvalue weighted by Crippen LogP contribution is -2.14. The molecule has 3 aromatic heterocycles. The first kappa shape index (κ1) is 19.0. The molecule has 0 spiro atoms. The summed E-state index contributed by atoms with van der Waals surface area (Å²) in [6, 6.07) is 11.6. The van der Waals surface area contributed by atoms with Crippen molar-refractivity contribution >= 4 is 11.4 Å². The van der Waals surface area contributed by atoms with Crippen molar-refractivity contribution < 1.29 is 4.79 Å². The fourth-order valence-electron chi connectivity index (χ4n) is 3.33. The van der Waals surface area contributed by atoms with Crippen LogP contribution in [0.15, 0.2) is 55.0 Å². The number of carbonyl (C=O) groups is 1. The third-order valence-corrected chi connectivity index (χ3v) is 4.85. The number of imidazole rings is 1. The van der Waals surface area contributed by atoms with Crippen LogP contribution < -0.4 is 0 Å². The normalized spacial score (nSPS) is 11.4. The Balaban J connectivity index is 1.65. The first-order valence-corrected chi connectivity index (χ1v) is 9.63. The molecule has 29 heavy (non-hydrogen) atoms. The quantitative estimate of drug-likeness (QED) is 0.454. The van der Waals surface area contributed by atoms with Crippen LogP contribution in [0.5, 0.6) is 0 Å². The van der Waals surface area contributed by atoms with E-state index in [1.165, 1.54) is 0 Å². The van der Waals surface area contributed by atoms with Crippen LogP contribution in [0.25, 0.3) is 28.2 Å². The second-order valence-corrected chi connectivity index (χ2v) is 7.45. The SMILES string of the molecule is CN(C)CCCC(=O)c1cccc(-c2cnc3ccc(-c4cnn(C)c4)nn23)c1. The largest absolute Gasteiger partial charge is 0.309 e. The van der Waals surface area contributed by atoms with E-state index in [0.29, 0.717) is 6.42 Å². The number of hydrogen-bond donors (Lipinski definition) is 0. The summed E-state index contributed by atoms with van der Waals surface area (Å²) in [6.45, 7) is 0.903. The van der Waals surface area contributed by atoms with E-state index in [-0.39, 0.29) is 5.78 Å². The van der Waals surface area contributed by atoms with Gasteiger partial charge in [0.25, 0.3) is 0 Å². The maximum absolute atomic E-state index is 12.6. The van der Waals surface area contributed by atoms with Crippen LogP contribution in [-0.4, -0.2) is 55.7 Å². The maximum atomic E-state index is 12.6. The van der Waals surface area contributed by atoms with E-state index in [9.17, 15) is 4.79 Å². The molecule has 0 amide bonds. The van der Waals surface area contributed by atoms with Crippen LogP contribution in [-0.2, 0) is 7.05 Å². The Morgan fingerprint density at radius 3 is 2.72 bits per heavy atom. The first-order valence-electron chi connectivity index (χ1n) is 9.63. The fraction of sp³-hybridized carbons (Fsp3) is 0.273. The van der Waals surface area contributed by atoms with Gasteiger partial charge in [0.15, 0.2) is 11.4 Å². The minimum absolute atomic E-state index is 0.159. The minimum Gasteiger partial charge on any atom is -0.309 e. The zero-order chi connectivity index (χ0) is 20.4. The first-order chi connectivity index (χ1) is 14.0. The van der Waals surface area contributed by atoms with Crippen LogP contribution in [0.1, 0.15) is 23.2 Å². The number of carbonyl (C=O) groups excluding carboxylic acids is 1. The Morgan fingerprint density at radius 2 is 1.97 bits per heavy atom. The van der Waals surface area contributed by atoms with E-state index in [1.807, 2.05) is 68.3 Å². The minimum atomic E-state index is 0.159. The lowest BCUT2D eigenvalue weighted by molar-refractivity contribution is 0.0977. The summed E-state index contributed by atoms with van der Waals surface area (Å²) in [4.78, 5) is 19.1. The number of benzene rings is 1. The highest BCUT2D eigenvalue weighted by molar-refractivity contribution is 5.97. The molecule has 0 unspecified atom stereocenters. The number of fused-ring (bicyclic) bond motifs is 1. The number of rotatable bonds is 7. The Kier molecular flexibility index (Phi) is 5.22. The van der Waals surface area contributed by atoms with Gasteiger partial charge in [-0.15, -0.1) is 0 Å². The fourth-order valence-corrected chi connectivity index (χ4v) is 3.33. The van der Waals surface area contributed by atoms with Crippen LogP contribution in [0.4, 0.5) is 0 Å². The third-order valence-electron chi connectivity index (χ3n) is 4.85. The molecule has 0 aliphatic carbocycles. The van der Waals surface area contributed by atoms with Gasteiger partial charge in [0.1, 0.15) is 0 Å². The average Bonchev–Trinajstić information content (AvgIpc) is 3.33. The monoisotopic (exact) mass is 388 g/mol. The summed E-state index contributed by atoms with van der Waals surface area (Å²) in [5.41, 5.74) is 5.02. The average molecular weight is 388 g/mol. The maximum Gasteiger partial charge on any atom is 0.162 e. The predicted molar refractivity (Wildman–Crippen MR) is 113 cm³/mol. The second-order valence-electron chi connectivity index (χ2n) is 7.45. The van der Waals surface area contributed by atoms with Crippen molar-refractivity contribution in [1.29, 1.82) is 0 Å². The van der Waals surface area contributed by atoms with Crippen LogP contribution in [0.3, 0.4) is 0 Å². The van der Waals surface area contributed by atoms with E-state index < -0.39 is 0 Å². The van der Waals surface area contributed by atoms with Crippen molar-refractivity contribution in [2.24, 2.45) is 7.05 Å². The molecule has 7 nitrogen and oxygen atoms in total. The lowest BCUT2D eigenvalue weighted by Gasteiger charge is -2.09. The number of nitrogens with zero attached hydrogens (tertiary/aromatic N) is 6. The highest BCUT2D eigenvalue weighted by Crippen LogP contribution is 2.24. The van der Waals surface area contributed by atoms with Crippen molar-refractivity contribution in [2.75, 3.05) is 20.6 Å². The molecular weight excluding hydrogens is 364 g/mol. The van der Waals surface area contributed by atoms with E-state index in [2.05, 4.69) is 15.0 Å². The van der Waals surface area contributed by atoms with Gasteiger partial charge in [0.05, 0.1) is 23.8 Å². The molecule has 0 atom stereocenters. The van der Waals surface area contributed by atoms with Gasteiger partial charge < -0.3 is 4.90 Å². The number of Topliss-reactive ketones (excluding diaryl/α,β-unsaturated/α-hetero) is 1. The standard InChI is InChI=1S/C22H24N6O/c1-26(2)11-5-8-21(29)17-7-4-6-16(12-17)20-14-23-22-10-9-19(25-28(20)22)18-13-24-27(3)15-18/h4,6-7,9-10,12-15H,5,8,11H2,1-3H3. The van der Waals surface area contributed by atoms with Gasteiger partial charge in [-0.05, 0) is 45.3 Å². The highest BCUT2D eigenvalue weighted by atomic mass is 16.1. The van der Waals surface area contributed by atoms with Gasteiger partial charge in [-0.25, -0.2) is 9.50 Å². The summed E-state index contributed by atoms with van der Waals surface area (Å²) < 4.78 is 3.57. The second kappa shape index (κ2) is 7.97. The van der Waals surface area contributed by atoms with Gasteiger partial charge in [-0.3, -0.25) is 9.48 Å². The van der Waals surface area contributed by atoms with Crippen molar-refractivity contribution in [3.63, 3.8) is 0 Å². The summed E-state index contributed by atoms with van der Waals surface area (Å²) in [6.07, 6.45) is 6.90. The Morgan fingerprint density at radius 1 is 1.10 bits per heavy atom. The van der Waals surface area contributed by atoms with Crippen LogP contribution >= 0.6 is 0 Å². The van der Waals surface area contributed by atoms with Crippen LogP contribution in [0, 0.1) is 0 Å². The zero-order valence-electron chi connectivity index (χ0n) is 16.9. The van der Waals surface area contributed by atoms with Crippen molar-refractivity contribution in [3.05, 3.63) is 60.6 Å². The van der Waals surface area contributed by atoms with E-state index in [4.69, 9.17) is 5.10 Å². The molecule has 4 rings (SSSR count). The van der Waals surface area contributed by atoms with Gasteiger partial charge in [-0.1, -0.05) is 18.2 Å². The predicted octanol–water partition coefficient (Wildman–Crippen LogP) is 3.32. The number of hydrogen-bond acceptors (Lipinski definition) is 5. The Labute approximate surface area is 169 Å². The Bertz CT molecular complexity index is 1160. The molecule has 0 aliphatic heterocycles. The number of ketones is 1. The molecule has 7 heteroatoms. The lowest BCUT2D eigenvalue weighted by atomic mass is 10.0. The van der Waals surface area contributed by atoms with Gasteiger partial charge in [0.2, 0.25) is 0 Å². The van der Waals surface area contributed by atoms with Crippen molar-refractivity contribution in [2.45, 2.75) is 12.8 Å². The topological polar surface area (TPSA) is 68.3 Å². The van der Waals surface area contributed by atoms with E-state index in [0.717, 1.165) is 46.7 Å². The summed E-state index contributed by atoms with van der Waals surface area (Å²) in [5, 5.41) is 8.97. The smallest absolute Gasteiger partial charge is 0.162 e. The molecular formula is C22H24N6O. The molecule has 148 valence electrons. The van der Waals surface area contributed by atoms with Gasteiger partial charge >= 0.3 is 0 Å². The highest BCUT2D eigenvalue weighted by Gasteiger charge is 2.12. The number of aryl methyl sites for hydroxylation is 1. The van der Waals surface area contributed by atoms with Gasteiger partial charge in [-0.2, -0.15) is 10.2 Å². The molecule has 0 N–H and O–H groups in total. The molecule has 4 aromatic rings. The van der Waals surface area contributed by atoms with Crippen LogP contribution in [0.2, 0.25) is 0 Å². The molecule has 3 heterocycles. The molecule has 0 aliphatic rings. The summed E-state index contributed by atoms with van der Waals surface area (Å²) in [7, 11) is 5.91. The molecule has 0 saturated heterocycles.